The number of carbonyl (C=O) groups is 1. The Morgan fingerprint density at radius 1 is 1.26 bits per heavy atom. The Morgan fingerprint density at radius 3 is 2.48 bits per heavy atom. The molecule has 0 amide bonds. The molecule has 0 radical (unpaired) electrons. The Morgan fingerprint density at radius 2 is 1.91 bits per heavy atom. The molecule has 0 unspecified atom stereocenters. The zero-order chi connectivity index (χ0) is 16.4. The van der Waals surface area contributed by atoms with Crippen molar-refractivity contribution in [3.05, 3.63) is 41.2 Å². The third kappa shape index (κ3) is 3.02. The van der Waals surface area contributed by atoms with Gasteiger partial charge in [-0.05, 0) is 36.6 Å². The molecule has 0 N–H and O–H groups in total. The zero-order valence-electron chi connectivity index (χ0n) is 13.1. The Kier molecular flexibility index (Phi) is 4.49. The van der Waals surface area contributed by atoms with Crippen LogP contribution in [0.3, 0.4) is 0 Å². The molecule has 1 aromatic heterocycles. The summed E-state index contributed by atoms with van der Waals surface area (Å²) >= 11 is 5.48. The van der Waals surface area contributed by atoms with Crippen LogP contribution < -0.4 is 0 Å². The van der Waals surface area contributed by atoms with Crippen LogP contribution in [-0.2, 0) is 7.05 Å². The first-order valence-corrected chi connectivity index (χ1v) is 8.26. The SMILES string of the molecule is Cn1c(-c2ccc(C(=O)Cl)cc2)nc(C#N)c1C1CCCCC1. The highest BCUT2D eigenvalue weighted by atomic mass is 35.5. The van der Waals surface area contributed by atoms with E-state index in [2.05, 4.69) is 11.1 Å². The molecule has 5 heteroatoms. The molecular weight excluding hydrogens is 310 g/mol. The van der Waals surface area contributed by atoms with Crippen LogP contribution in [0.5, 0.6) is 0 Å². The van der Waals surface area contributed by atoms with Gasteiger partial charge in [-0.25, -0.2) is 4.98 Å². The van der Waals surface area contributed by atoms with E-state index in [4.69, 9.17) is 11.6 Å². The van der Waals surface area contributed by atoms with Crippen molar-refractivity contribution in [1.82, 2.24) is 9.55 Å². The second kappa shape index (κ2) is 6.55. The van der Waals surface area contributed by atoms with Crippen molar-refractivity contribution < 1.29 is 4.79 Å². The predicted molar refractivity (Wildman–Crippen MR) is 89.4 cm³/mol. The number of halogens is 1. The lowest BCUT2D eigenvalue weighted by Gasteiger charge is -2.22. The van der Waals surface area contributed by atoms with Gasteiger partial charge in [0.15, 0.2) is 5.69 Å². The summed E-state index contributed by atoms with van der Waals surface area (Å²) in [4.78, 5) is 15.7. The third-order valence-corrected chi connectivity index (χ3v) is 4.83. The summed E-state index contributed by atoms with van der Waals surface area (Å²) in [5.74, 6) is 1.17. The van der Waals surface area contributed by atoms with Crippen LogP contribution in [0, 0.1) is 11.3 Å². The number of carbonyl (C=O) groups excluding carboxylic acids is 1. The molecule has 23 heavy (non-hydrogen) atoms. The fraction of sp³-hybridized carbons (Fsp3) is 0.389. The molecule has 0 bridgehead atoms. The monoisotopic (exact) mass is 327 g/mol. The number of nitriles is 1. The third-order valence-electron chi connectivity index (χ3n) is 4.61. The van der Waals surface area contributed by atoms with E-state index >= 15 is 0 Å². The molecule has 1 saturated carbocycles. The summed E-state index contributed by atoms with van der Waals surface area (Å²) in [6.45, 7) is 0. The van der Waals surface area contributed by atoms with Crippen molar-refractivity contribution in [3.63, 3.8) is 0 Å². The van der Waals surface area contributed by atoms with Crippen LogP contribution in [0.1, 0.15) is 59.8 Å². The molecule has 1 fully saturated rings. The summed E-state index contributed by atoms with van der Waals surface area (Å²) in [5.41, 5.74) is 2.90. The lowest BCUT2D eigenvalue weighted by molar-refractivity contribution is 0.108. The van der Waals surface area contributed by atoms with Crippen molar-refractivity contribution >= 4 is 16.8 Å². The highest BCUT2D eigenvalue weighted by Gasteiger charge is 2.25. The molecule has 0 saturated heterocycles. The van der Waals surface area contributed by atoms with E-state index in [-0.39, 0.29) is 0 Å². The van der Waals surface area contributed by atoms with E-state index in [1.165, 1.54) is 19.3 Å². The first-order chi connectivity index (χ1) is 11.1. The molecule has 1 aromatic carbocycles. The summed E-state index contributed by atoms with van der Waals surface area (Å²) in [6, 6.07) is 9.27. The minimum atomic E-state index is -0.475. The van der Waals surface area contributed by atoms with E-state index in [0.717, 1.165) is 29.9 Å². The summed E-state index contributed by atoms with van der Waals surface area (Å²) in [7, 11) is 1.97. The number of aromatic nitrogens is 2. The van der Waals surface area contributed by atoms with Gasteiger partial charge < -0.3 is 4.57 Å². The van der Waals surface area contributed by atoms with E-state index in [1.54, 1.807) is 12.1 Å². The Labute approximate surface area is 140 Å². The van der Waals surface area contributed by atoms with Gasteiger partial charge in [-0.15, -0.1) is 0 Å². The second-order valence-corrected chi connectivity index (χ2v) is 6.37. The lowest BCUT2D eigenvalue weighted by Crippen LogP contribution is -2.10. The average Bonchev–Trinajstić information content (AvgIpc) is 2.92. The maximum absolute atomic E-state index is 11.2. The minimum Gasteiger partial charge on any atom is -0.330 e. The van der Waals surface area contributed by atoms with Gasteiger partial charge in [0, 0.05) is 24.1 Å². The maximum atomic E-state index is 11.2. The molecule has 0 atom stereocenters. The predicted octanol–water partition coefficient (Wildman–Crippen LogP) is 4.39. The van der Waals surface area contributed by atoms with Crippen molar-refractivity contribution in [2.24, 2.45) is 7.05 Å². The number of nitrogens with zero attached hydrogens (tertiary/aromatic N) is 3. The van der Waals surface area contributed by atoms with Crippen LogP contribution in [0.4, 0.5) is 0 Å². The van der Waals surface area contributed by atoms with Crippen molar-refractivity contribution in [3.8, 4) is 17.5 Å². The molecule has 118 valence electrons. The lowest BCUT2D eigenvalue weighted by atomic mass is 9.86. The van der Waals surface area contributed by atoms with Crippen molar-refractivity contribution in [2.45, 2.75) is 38.0 Å². The molecule has 1 aliphatic carbocycles. The second-order valence-electron chi connectivity index (χ2n) is 6.03. The van der Waals surface area contributed by atoms with Crippen LogP contribution in [0.2, 0.25) is 0 Å². The van der Waals surface area contributed by atoms with Gasteiger partial charge in [-0.3, -0.25) is 4.79 Å². The van der Waals surface area contributed by atoms with Gasteiger partial charge >= 0.3 is 0 Å². The van der Waals surface area contributed by atoms with E-state index in [0.29, 0.717) is 17.2 Å². The van der Waals surface area contributed by atoms with E-state index in [9.17, 15) is 10.1 Å². The number of hydrogen-bond acceptors (Lipinski definition) is 3. The Hall–Kier alpha value is -2.12. The van der Waals surface area contributed by atoms with Gasteiger partial charge in [0.1, 0.15) is 11.9 Å². The summed E-state index contributed by atoms with van der Waals surface area (Å²) < 4.78 is 2.03. The van der Waals surface area contributed by atoms with Crippen molar-refractivity contribution in [1.29, 1.82) is 5.26 Å². The summed E-state index contributed by atoms with van der Waals surface area (Å²) in [6.07, 6.45) is 5.93. The number of hydrogen-bond donors (Lipinski definition) is 0. The van der Waals surface area contributed by atoms with Gasteiger partial charge in [-0.1, -0.05) is 31.4 Å². The van der Waals surface area contributed by atoms with E-state index in [1.807, 2.05) is 23.7 Å². The fourth-order valence-corrected chi connectivity index (χ4v) is 3.57. The van der Waals surface area contributed by atoms with Gasteiger partial charge in [-0.2, -0.15) is 5.26 Å². The number of imidazole rings is 1. The van der Waals surface area contributed by atoms with Gasteiger partial charge in [0.2, 0.25) is 0 Å². The summed E-state index contributed by atoms with van der Waals surface area (Å²) in [5, 5.41) is 8.99. The molecular formula is C18H18ClN3O. The smallest absolute Gasteiger partial charge is 0.252 e. The van der Waals surface area contributed by atoms with Gasteiger partial charge in [0.05, 0.1) is 5.69 Å². The topological polar surface area (TPSA) is 58.7 Å². The van der Waals surface area contributed by atoms with Crippen LogP contribution >= 0.6 is 11.6 Å². The molecule has 3 rings (SSSR count). The number of rotatable bonds is 3. The first kappa shape index (κ1) is 15.8. The van der Waals surface area contributed by atoms with Crippen LogP contribution in [0.15, 0.2) is 24.3 Å². The van der Waals surface area contributed by atoms with Crippen LogP contribution in [-0.4, -0.2) is 14.8 Å². The standard InChI is InChI=1S/C18H18ClN3O/c1-22-16(12-5-3-2-4-6-12)15(11-20)21-18(22)14-9-7-13(8-10-14)17(19)23/h7-10,12H,2-6H2,1H3. The minimum absolute atomic E-state index is 0.411. The van der Waals surface area contributed by atoms with E-state index < -0.39 is 5.24 Å². The highest BCUT2D eigenvalue weighted by Crippen LogP contribution is 2.36. The average molecular weight is 328 g/mol. The molecule has 0 spiro atoms. The largest absolute Gasteiger partial charge is 0.330 e. The zero-order valence-corrected chi connectivity index (χ0v) is 13.8. The molecule has 0 aliphatic heterocycles. The normalized spacial score (nSPS) is 15.3. The quantitative estimate of drug-likeness (QED) is 0.786. The highest BCUT2D eigenvalue weighted by molar-refractivity contribution is 6.67. The van der Waals surface area contributed by atoms with Gasteiger partial charge in [0.25, 0.3) is 5.24 Å². The Bertz CT molecular complexity index is 765. The molecule has 1 heterocycles. The molecule has 2 aromatic rings. The fourth-order valence-electron chi connectivity index (χ4n) is 3.45. The molecule has 4 nitrogen and oxygen atoms in total. The molecule has 1 aliphatic rings. The maximum Gasteiger partial charge on any atom is 0.252 e. The van der Waals surface area contributed by atoms with Crippen molar-refractivity contribution in [2.75, 3.05) is 0 Å². The van der Waals surface area contributed by atoms with Crippen LogP contribution in [0.25, 0.3) is 11.4 Å². The Balaban J connectivity index is 2.01. The first-order valence-electron chi connectivity index (χ1n) is 7.88. The number of benzene rings is 1.